The first-order valence-electron chi connectivity index (χ1n) is 8.15. The van der Waals surface area contributed by atoms with Gasteiger partial charge < -0.3 is 19.7 Å². The Morgan fingerprint density at radius 2 is 2.09 bits per heavy atom. The molecule has 23 heavy (non-hydrogen) atoms. The lowest BCUT2D eigenvalue weighted by atomic mass is 10.1. The molecule has 2 N–H and O–H groups in total. The number of H-pyrrole nitrogens is 1. The lowest BCUT2D eigenvalue weighted by molar-refractivity contribution is -0.137. The van der Waals surface area contributed by atoms with Crippen molar-refractivity contribution in [2.24, 2.45) is 0 Å². The lowest BCUT2D eigenvalue weighted by Crippen LogP contribution is -2.14. The average Bonchev–Trinajstić information content (AvgIpc) is 2.90. The number of nitrogens with zero attached hydrogens (tertiary/aromatic N) is 1. The van der Waals surface area contributed by atoms with Crippen LogP contribution in [0.1, 0.15) is 31.2 Å². The van der Waals surface area contributed by atoms with Gasteiger partial charge in [0.05, 0.1) is 6.61 Å². The van der Waals surface area contributed by atoms with Crippen LogP contribution in [0.4, 0.5) is 0 Å². The summed E-state index contributed by atoms with van der Waals surface area (Å²) >= 11 is 0. The van der Waals surface area contributed by atoms with Crippen molar-refractivity contribution >= 4 is 16.9 Å². The molecule has 5 nitrogen and oxygen atoms in total. The Kier molecular flexibility index (Phi) is 6.47. The molecule has 1 aromatic heterocycles. The molecule has 0 saturated carbocycles. The highest BCUT2D eigenvalue weighted by Crippen LogP contribution is 2.24. The summed E-state index contributed by atoms with van der Waals surface area (Å²) in [7, 11) is 4.16. The summed E-state index contributed by atoms with van der Waals surface area (Å²) in [6.45, 7) is 1.65. The second kappa shape index (κ2) is 8.58. The van der Waals surface area contributed by atoms with E-state index in [0.717, 1.165) is 37.1 Å². The summed E-state index contributed by atoms with van der Waals surface area (Å²) in [4.78, 5) is 15.9. The van der Waals surface area contributed by atoms with Crippen molar-refractivity contribution in [2.75, 3.05) is 27.2 Å². The summed E-state index contributed by atoms with van der Waals surface area (Å²) in [6, 6.07) is 6.15. The number of carboxylic acids is 1. The van der Waals surface area contributed by atoms with Gasteiger partial charge in [-0.2, -0.15) is 0 Å². The molecule has 0 aliphatic heterocycles. The normalized spacial score (nSPS) is 11.3. The van der Waals surface area contributed by atoms with Crippen LogP contribution in [0.5, 0.6) is 5.75 Å². The zero-order chi connectivity index (χ0) is 16.7. The van der Waals surface area contributed by atoms with E-state index in [2.05, 4.69) is 36.2 Å². The van der Waals surface area contributed by atoms with Crippen LogP contribution in [-0.2, 0) is 11.2 Å². The molecular weight excluding hydrogens is 292 g/mol. The van der Waals surface area contributed by atoms with E-state index in [9.17, 15) is 4.79 Å². The Bertz CT molecular complexity index is 634. The van der Waals surface area contributed by atoms with Crippen molar-refractivity contribution in [1.29, 1.82) is 0 Å². The number of aromatic amines is 1. The van der Waals surface area contributed by atoms with Gasteiger partial charge in [-0.1, -0.05) is 0 Å². The van der Waals surface area contributed by atoms with Gasteiger partial charge in [0.2, 0.25) is 0 Å². The monoisotopic (exact) mass is 318 g/mol. The minimum Gasteiger partial charge on any atom is -0.494 e. The van der Waals surface area contributed by atoms with Gasteiger partial charge in [0.1, 0.15) is 5.75 Å². The number of carboxylic acid groups (broad SMARTS) is 1. The van der Waals surface area contributed by atoms with Crippen LogP contribution in [0.15, 0.2) is 24.4 Å². The molecule has 5 heteroatoms. The van der Waals surface area contributed by atoms with E-state index in [1.54, 1.807) is 0 Å². The minimum absolute atomic E-state index is 0.240. The van der Waals surface area contributed by atoms with Crippen LogP contribution in [-0.4, -0.2) is 48.2 Å². The number of hydrogen-bond donors (Lipinski definition) is 2. The maximum absolute atomic E-state index is 10.4. The van der Waals surface area contributed by atoms with E-state index in [1.807, 2.05) is 12.1 Å². The van der Waals surface area contributed by atoms with E-state index in [-0.39, 0.29) is 6.42 Å². The first-order chi connectivity index (χ1) is 11.1. The summed E-state index contributed by atoms with van der Waals surface area (Å²) in [5.74, 6) is 0.130. The zero-order valence-electron chi connectivity index (χ0n) is 14.0. The predicted octanol–water partition coefficient (Wildman–Crippen LogP) is 3.30. The number of unbranched alkanes of at least 4 members (excludes halogenated alkanes) is 2. The van der Waals surface area contributed by atoms with Crippen LogP contribution in [0.25, 0.3) is 10.9 Å². The Morgan fingerprint density at radius 1 is 1.26 bits per heavy atom. The van der Waals surface area contributed by atoms with Crippen LogP contribution in [0, 0.1) is 0 Å². The highest BCUT2D eigenvalue weighted by atomic mass is 16.5. The van der Waals surface area contributed by atoms with E-state index >= 15 is 0 Å². The third-order valence-corrected chi connectivity index (χ3v) is 3.87. The van der Waals surface area contributed by atoms with Crippen LogP contribution in [0.3, 0.4) is 0 Å². The summed E-state index contributed by atoms with van der Waals surface area (Å²) in [5.41, 5.74) is 2.43. The second-order valence-corrected chi connectivity index (χ2v) is 6.13. The van der Waals surface area contributed by atoms with Crippen molar-refractivity contribution in [3.63, 3.8) is 0 Å². The topological polar surface area (TPSA) is 65.6 Å². The first kappa shape index (κ1) is 17.3. The van der Waals surface area contributed by atoms with E-state index in [1.165, 1.54) is 10.9 Å². The molecule has 0 aliphatic rings. The molecule has 2 rings (SSSR count). The molecule has 0 amide bonds. The van der Waals surface area contributed by atoms with Gasteiger partial charge in [0.25, 0.3) is 0 Å². The van der Waals surface area contributed by atoms with Crippen LogP contribution >= 0.6 is 0 Å². The number of nitrogens with one attached hydrogen (secondary N) is 1. The van der Waals surface area contributed by atoms with Gasteiger partial charge in [0.15, 0.2) is 0 Å². The van der Waals surface area contributed by atoms with Crippen molar-refractivity contribution in [2.45, 2.75) is 32.1 Å². The number of aromatic nitrogens is 1. The van der Waals surface area contributed by atoms with Crippen molar-refractivity contribution in [1.82, 2.24) is 9.88 Å². The fraction of sp³-hybridized carbons (Fsp3) is 0.500. The summed E-state index contributed by atoms with van der Waals surface area (Å²) < 4.78 is 5.75. The molecule has 0 bridgehead atoms. The summed E-state index contributed by atoms with van der Waals surface area (Å²) in [5, 5.41) is 9.83. The van der Waals surface area contributed by atoms with E-state index < -0.39 is 5.97 Å². The number of fused-ring (bicyclic) bond motifs is 1. The Labute approximate surface area is 137 Å². The van der Waals surface area contributed by atoms with Crippen molar-refractivity contribution in [3.8, 4) is 5.75 Å². The van der Waals surface area contributed by atoms with E-state index in [0.29, 0.717) is 13.0 Å². The fourth-order valence-corrected chi connectivity index (χ4v) is 2.55. The van der Waals surface area contributed by atoms with Gasteiger partial charge in [-0.15, -0.1) is 0 Å². The van der Waals surface area contributed by atoms with Crippen molar-refractivity contribution in [3.05, 3.63) is 30.0 Å². The third kappa shape index (κ3) is 5.60. The van der Waals surface area contributed by atoms with Crippen molar-refractivity contribution < 1.29 is 14.6 Å². The zero-order valence-corrected chi connectivity index (χ0v) is 14.0. The number of aliphatic carboxylic acids is 1. The van der Waals surface area contributed by atoms with Gasteiger partial charge >= 0.3 is 5.97 Å². The van der Waals surface area contributed by atoms with Crippen LogP contribution < -0.4 is 4.74 Å². The molecule has 0 fully saturated rings. The average molecular weight is 318 g/mol. The Hall–Kier alpha value is -2.01. The molecule has 0 aliphatic carbocycles. The second-order valence-electron chi connectivity index (χ2n) is 6.13. The molecular formula is C18H26N2O3. The standard InChI is InChI=1S/C18H26N2O3/c1-20(2)10-9-14-13-19-17-12-15(7-8-16(14)17)23-11-5-3-4-6-18(21)22/h7-8,12-13,19H,3-6,9-11H2,1-2H3,(H,21,22). The van der Waals surface area contributed by atoms with Gasteiger partial charge in [0, 0.05) is 36.1 Å². The van der Waals surface area contributed by atoms with Gasteiger partial charge in [-0.25, -0.2) is 0 Å². The maximum atomic E-state index is 10.4. The molecule has 0 unspecified atom stereocenters. The molecule has 1 aromatic carbocycles. The van der Waals surface area contributed by atoms with Gasteiger partial charge in [-0.3, -0.25) is 4.79 Å². The minimum atomic E-state index is -0.729. The molecule has 0 atom stereocenters. The largest absolute Gasteiger partial charge is 0.494 e. The molecule has 0 spiro atoms. The SMILES string of the molecule is CN(C)CCc1c[nH]c2cc(OCCCCCC(=O)O)ccc12. The Balaban J connectivity index is 1.82. The molecule has 1 heterocycles. The molecule has 2 aromatic rings. The highest BCUT2D eigenvalue weighted by molar-refractivity contribution is 5.84. The summed E-state index contributed by atoms with van der Waals surface area (Å²) in [6.07, 6.45) is 5.81. The van der Waals surface area contributed by atoms with Crippen LogP contribution in [0.2, 0.25) is 0 Å². The van der Waals surface area contributed by atoms with Gasteiger partial charge in [-0.05, 0) is 57.5 Å². The smallest absolute Gasteiger partial charge is 0.303 e. The number of hydrogen-bond acceptors (Lipinski definition) is 3. The quantitative estimate of drug-likeness (QED) is 0.660. The lowest BCUT2D eigenvalue weighted by Gasteiger charge is -2.08. The number of likely N-dealkylation sites (N-methyl/N-ethyl adjacent to an activating group) is 1. The van der Waals surface area contributed by atoms with E-state index in [4.69, 9.17) is 9.84 Å². The predicted molar refractivity (Wildman–Crippen MR) is 92.2 cm³/mol. The Morgan fingerprint density at radius 3 is 2.83 bits per heavy atom. The first-order valence-corrected chi connectivity index (χ1v) is 8.15. The highest BCUT2D eigenvalue weighted by Gasteiger charge is 2.06. The number of benzene rings is 1. The molecule has 0 radical (unpaired) electrons. The number of carbonyl (C=O) groups is 1. The number of rotatable bonds is 10. The third-order valence-electron chi connectivity index (χ3n) is 3.87. The molecule has 0 saturated heterocycles. The number of ether oxygens (including phenoxy) is 1. The molecule has 126 valence electrons. The maximum Gasteiger partial charge on any atom is 0.303 e. The fourth-order valence-electron chi connectivity index (χ4n) is 2.55.